The molecule has 0 aliphatic carbocycles. The van der Waals surface area contributed by atoms with Crippen LogP contribution >= 0.6 is 23.5 Å². The third-order valence-electron chi connectivity index (χ3n) is 4.03. The van der Waals surface area contributed by atoms with Crippen molar-refractivity contribution in [3.8, 4) is 0 Å². The van der Waals surface area contributed by atoms with Gasteiger partial charge < -0.3 is 5.11 Å². The van der Waals surface area contributed by atoms with Gasteiger partial charge >= 0.3 is 0 Å². The van der Waals surface area contributed by atoms with E-state index in [1.54, 1.807) is 0 Å². The average molecular weight is 335 g/mol. The number of aliphatic hydroxyl groups excluding tert-OH is 1. The summed E-state index contributed by atoms with van der Waals surface area (Å²) in [4.78, 5) is 27.5. The number of aliphatic hydroxyl groups is 1. The predicted molar refractivity (Wildman–Crippen MR) is 89.5 cm³/mol. The van der Waals surface area contributed by atoms with Gasteiger partial charge in [-0.05, 0) is 5.56 Å². The zero-order valence-electron chi connectivity index (χ0n) is 12.2. The smallest absolute Gasteiger partial charge is 0.268 e. The van der Waals surface area contributed by atoms with Crippen molar-refractivity contribution in [3.63, 3.8) is 0 Å². The molecule has 6 heteroatoms. The molecule has 22 heavy (non-hydrogen) atoms. The summed E-state index contributed by atoms with van der Waals surface area (Å²) < 4.78 is 0. The molecular formula is C16H17NO3S2. The van der Waals surface area contributed by atoms with E-state index in [0.717, 1.165) is 17.1 Å². The minimum Gasteiger partial charge on any atom is -0.394 e. The zero-order valence-corrected chi connectivity index (χ0v) is 13.8. The van der Waals surface area contributed by atoms with E-state index in [1.165, 1.54) is 28.4 Å². The maximum Gasteiger partial charge on any atom is 0.268 e. The lowest BCUT2D eigenvalue weighted by Crippen LogP contribution is -2.46. The highest BCUT2D eigenvalue weighted by Gasteiger charge is 2.45. The van der Waals surface area contributed by atoms with Gasteiger partial charge in [0.2, 0.25) is 0 Å². The normalized spacial score (nSPS) is 21.1. The van der Waals surface area contributed by atoms with Gasteiger partial charge in [-0.25, -0.2) is 0 Å². The second-order valence-electron chi connectivity index (χ2n) is 5.28. The molecule has 116 valence electrons. The molecule has 4 nitrogen and oxygen atoms in total. The molecule has 2 atom stereocenters. The van der Waals surface area contributed by atoms with Gasteiger partial charge in [0, 0.05) is 17.4 Å². The van der Waals surface area contributed by atoms with Crippen LogP contribution in [0.2, 0.25) is 0 Å². The number of hydrogen-bond donors (Lipinski definition) is 1. The van der Waals surface area contributed by atoms with Crippen molar-refractivity contribution in [1.29, 1.82) is 0 Å². The van der Waals surface area contributed by atoms with Crippen LogP contribution < -0.4 is 0 Å². The minimum absolute atomic E-state index is 0.115. The topological polar surface area (TPSA) is 57.6 Å². The quantitative estimate of drug-likeness (QED) is 0.855. The van der Waals surface area contributed by atoms with Crippen molar-refractivity contribution in [3.05, 3.63) is 45.7 Å². The molecule has 0 bridgehead atoms. The number of amides is 2. The molecule has 0 aromatic heterocycles. The number of thioether (sulfide) groups is 2. The molecule has 1 N–H and O–H groups in total. The summed E-state index contributed by atoms with van der Waals surface area (Å²) in [6, 6.07) is 9.13. The number of rotatable bonds is 4. The standard InChI is InChI=1S/C16H17NO3S2/c1-10(11-5-3-2-4-6-11)12(9-18)17-15(19)13-14(16(17)20)22-8-7-21-13/h2-6,10,12,18H,7-9H2,1H3/t10-,12?/m1/s1. The molecule has 2 heterocycles. The average Bonchev–Trinajstić information content (AvgIpc) is 2.82. The Morgan fingerprint density at radius 1 is 1.09 bits per heavy atom. The number of imide groups is 1. The number of carbonyl (C=O) groups is 2. The fourth-order valence-corrected chi connectivity index (χ4v) is 5.10. The molecule has 2 amide bonds. The van der Waals surface area contributed by atoms with Gasteiger partial charge in [0.15, 0.2) is 0 Å². The Kier molecular flexibility index (Phi) is 4.61. The van der Waals surface area contributed by atoms with Crippen LogP contribution in [-0.2, 0) is 9.59 Å². The van der Waals surface area contributed by atoms with Crippen molar-refractivity contribution < 1.29 is 14.7 Å². The van der Waals surface area contributed by atoms with E-state index in [2.05, 4.69) is 0 Å². The number of nitrogens with zero attached hydrogens (tertiary/aromatic N) is 1. The van der Waals surface area contributed by atoms with Crippen LogP contribution in [0, 0.1) is 0 Å². The molecule has 1 aromatic carbocycles. The molecule has 1 unspecified atom stereocenters. The number of hydrogen-bond acceptors (Lipinski definition) is 5. The first-order valence-corrected chi connectivity index (χ1v) is 9.15. The van der Waals surface area contributed by atoms with Crippen molar-refractivity contribution in [1.82, 2.24) is 4.90 Å². The lowest BCUT2D eigenvalue weighted by molar-refractivity contribution is -0.141. The number of benzene rings is 1. The van der Waals surface area contributed by atoms with Gasteiger partial charge in [0.25, 0.3) is 11.8 Å². The van der Waals surface area contributed by atoms with Gasteiger partial charge in [0.05, 0.1) is 22.5 Å². The zero-order chi connectivity index (χ0) is 15.7. The third kappa shape index (κ3) is 2.59. The summed E-state index contributed by atoms with van der Waals surface area (Å²) in [5.41, 5.74) is 1.01. The highest BCUT2D eigenvalue weighted by Crippen LogP contribution is 2.42. The Morgan fingerprint density at radius 2 is 1.64 bits per heavy atom. The van der Waals surface area contributed by atoms with E-state index >= 15 is 0 Å². The first kappa shape index (κ1) is 15.6. The summed E-state index contributed by atoms with van der Waals surface area (Å²) in [5, 5.41) is 9.81. The summed E-state index contributed by atoms with van der Waals surface area (Å²) in [5.74, 6) is 1.07. The number of carbonyl (C=O) groups excluding carboxylic acids is 2. The van der Waals surface area contributed by atoms with Gasteiger partial charge in [0.1, 0.15) is 0 Å². The predicted octanol–water partition coefficient (Wildman–Crippen LogP) is 2.21. The highest BCUT2D eigenvalue weighted by molar-refractivity contribution is 8.11. The fourth-order valence-electron chi connectivity index (χ4n) is 2.79. The van der Waals surface area contributed by atoms with Crippen LogP contribution in [0.4, 0.5) is 0 Å². The van der Waals surface area contributed by atoms with Crippen LogP contribution in [0.25, 0.3) is 0 Å². The van der Waals surface area contributed by atoms with Crippen LogP contribution in [0.1, 0.15) is 18.4 Å². The lowest BCUT2D eigenvalue weighted by atomic mass is 9.92. The van der Waals surface area contributed by atoms with Gasteiger partial charge in [-0.15, -0.1) is 23.5 Å². The summed E-state index contributed by atoms with van der Waals surface area (Å²) in [7, 11) is 0. The second kappa shape index (κ2) is 6.48. The van der Waals surface area contributed by atoms with Crippen molar-refractivity contribution in [2.75, 3.05) is 18.1 Å². The van der Waals surface area contributed by atoms with E-state index < -0.39 is 6.04 Å². The van der Waals surface area contributed by atoms with Gasteiger partial charge in [-0.1, -0.05) is 37.3 Å². The summed E-state index contributed by atoms with van der Waals surface area (Å²) in [6.07, 6.45) is 0. The largest absolute Gasteiger partial charge is 0.394 e. The van der Waals surface area contributed by atoms with Crippen LogP contribution in [0.3, 0.4) is 0 Å². The Morgan fingerprint density at radius 3 is 2.14 bits per heavy atom. The second-order valence-corrected chi connectivity index (χ2v) is 7.50. The molecule has 0 fully saturated rings. The van der Waals surface area contributed by atoms with E-state index in [4.69, 9.17) is 0 Å². The molecule has 2 aliphatic heterocycles. The van der Waals surface area contributed by atoms with E-state index in [-0.39, 0.29) is 24.3 Å². The molecule has 0 radical (unpaired) electrons. The highest BCUT2D eigenvalue weighted by atomic mass is 32.2. The van der Waals surface area contributed by atoms with E-state index in [0.29, 0.717) is 9.81 Å². The van der Waals surface area contributed by atoms with Gasteiger partial charge in [-0.3, -0.25) is 14.5 Å². The van der Waals surface area contributed by atoms with Crippen molar-refractivity contribution >= 4 is 35.3 Å². The molecule has 0 saturated carbocycles. The SMILES string of the molecule is C[C@H](c1ccccc1)C(CO)N1C(=O)C2=C(SCCS2)C1=O. The fraction of sp³-hybridized carbons (Fsp3) is 0.375. The summed E-state index contributed by atoms with van der Waals surface area (Å²) >= 11 is 2.90. The molecule has 1 aromatic rings. The first-order valence-electron chi connectivity index (χ1n) is 7.18. The molecule has 0 spiro atoms. The monoisotopic (exact) mass is 335 g/mol. The summed E-state index contributed by atoms with van der Waals surface area (Å²) in [6.45, 7) is 1.71. The van der Waals surface area contributed by atoms with Crippen molar-refractivity contribution in [2.45, 2.75) is 18.9 Å². The minimum atomic E-state index is -0.533. The maximum absolute atomic E-state index is 12.6. The Balaban J connectivity index is 1.89. The van der Waals surface area contributed by atoms with Crippen LogP contribution in [0.5, 0.6) is 0 Å². The van der Waals surface area contributed by atoms with Gasteiger partial charge in [-0.2, -0.15) is 0 Å². The molecule has 2 aliphatic rings. The molecular weight excluding hydrogens is 318 g/mol. The Bertz CT molecular complexity index is 602. The molecule has 3 rings (SSSR count). The van der Waals surface area contributed by atoms with Crippen LogP contribution in [-0.4, -0.2) is 46.0 Å². The van der Waals surface area contributed by atoms with E-state index in [9.17, 15) is 14.7 Å². The Labute approximate surface area is 138 Å². The van der Waals surface area contributed by atoms with Crippen molar-refractivity contribution in [2.24, 2.45) is 0 Å². The van der Waals surface area contributed by atoms with Crippen LogP contribution in [0.15, 0.2) is 40.1 Å². The Hall–Kier alpha value is -1.24. The molecule has 0 saturated heterocycles. The van der Waals surface area contributed by atoms with E-state index in [1.807, 2.05) is 37.3 Å². The third-order valence-corrected chi connectivity index (χ3v) is 6.57. The first-order chi connectivity index (χ1) is 10.6. The maximum atomic E-state index is 12.6. The lowest BCUT2D eigenvalue weighted by Gasteiger charge is -2.30.